The first-order valence-electron chi connectivity index (χ1n) is 6.06. The number of pyridine rings is 1. The Morgan fingerprint density at radius 2 is 2.14 bits per heavy atom. The molecule has 2 heterocycles. The Labute approximate surface area is 118 Å². The first kappa shape index (κ1) is 12.7. The van der Waals surface area contributed by atoms with E-state index in [0.29, 0.717) is 11.3 Å². The summed E-state index contributed by atoms with van der Waals surface area (Å²) in [6, 6.07) is 9.83. The predicted octanol–water partition coefficient (Wildman–Crippen LogP) is 0.603. The number of hydrogen-bond donors (Lipinski definition) is 2. The third-order valence-electron chi connectivity index (χ3n) is 2.76. The molecule has 0 spiro atoms. The maximum atomic E-state index is 12.0. The Morgan fingerprint density at radius 3 is 2.86 bits per heavy atom. The van der Waals surface area contributed by atoms with Crippen molar-refractivity contribution >= 4 is 11.6 Å². The Morgan fingerprint density at radius 1 is 1.24 bits per heavy atom. The molecule has 0 aliphatic rings. The van der Waals surface area contributed by atoms with Gasteiger partial charge in [-0.1, -0.05) is 6.07 Å². The van der Waals surface area contributed by atoms with Gasteiger partial charge in [0, 0.05) is 18.0 Å². The zero-order valence-corrected chi connectivity index (χ0v) is 10.7. The fourth-order valence-electron chi connectivity index (χ4n) is 1.76. The quantitative estimate of drug-likeness (QED) is 0.732. The van der Waals surface area contributed by atoms with E-state index in [0.717, 1.165) is 5.69 Å². The second-order valence-electron chi connectivity index (χ2n) is 4.20. The summed E-state index contributed by atoms with van der Waals surface area (Å²) in [7, 11) is 0. The van der Waals surface area contributed by atoms with Gasteiger partial charge in [-0.2, -0.15) is 0 Å². The molecule has 0 fully saturated rings. The van der Waals surface area contributed by atoms with Crippen molar-refractivity contribution in [1.82, 2.24) is 25.2 Å². The molecular formula is C13H10N6O2. The van der Waals surface area contributed by atoms with Gasteiger partial charge in [0.05, 0.1) is 11.3 Å². The Kier molecular flexibility index (Phi) is 3.26. The van der Waals surface area contributed by atoms with E-state index in [1.54, 1.807) is 18.2 Å². The van der Waals surface area contributed by atoms with E-state index < -0.39 is 0 Å². The summed E-state index contributed by atoms with van der Waals surface area (Å²) >= 11 is 0. The molecule has 0 saturated carbocycles. The predicted molar refractivity (Wildman–Crippen MR) is 74.2 cm³/mol. The van der Waals surface area contributed by atoms with Crippen molar-refractivity contribution in [2.75, 3.05) is 5.32 Å². The lowest BCUT2D eigenvalue weighted by Gasteiger charge is -2.06. The highest BCUT2D eigenvalue weighted by Gasteiger charge is 2.07. The molecule has 0 atom stereocenters. The highest BCUT2D eigenvalue weighted by Crippen LogP contribution is 2.14. The molecule has 2 aromatic heterocycles. The first-order valence-corrected chi connectivity index (χ1v) is 6.06. The van der Waals surface area contributed by atoms with Crippen LogP contribution >= 0.6 is 0 Å². The fraction of sp³-hybridized carbons (Fsp3) is 0. The Hall–Kier alpha value is -3.29. The monoisotopic (exact) mass is 282 g/mol. The Bertz CT molecular complexity index is 804. The molecule has 0 bridgehead atoms. The lowest BCUT2D eigenvalue weighted by atomic mass is 10.2. The number of aromatic amines is 1. The van der Waals surface area contributed by atoms with Gasteiger partial charge in [0.2, 0.25) is 5.56 Å². The number of benzene rings is 1. The minimum atomic E-state index is -0.319. The molecule has 0 aliphatic heterocycles. The van der Waals surface area contributed by atoms with Crippen LogP contribution in [-0.4, -0.2) is 31.1 Å². The van der Waals surface area contributed by atoms with E-state index in [9.17, 15) is 9.59 Å². The molecular weight excluding hydrogens is 272 g/mol. The highest BCUT2D eigenvalue weighted by atomic mass is 16.1. The number of nitrogens with zero attached hydrogens (tertiary/aromatic N) is 4. The summed E-state index contributed by atoms with van der Waals surface area (Å²) in [5.74, 6) is -0.319. The second-order valence-corrected chi connectivity index (χ2v) is 4.20. The number of aromatic nitrogens is 5. The molecule has 1 aromatic carbocycles. The summed E-state index contributed by atoms with van der Waals surface area (Å²) in [5, 5.41) is 13.6. The summed E-state index contributed by atoms with van der Waals surface area (Å²) < 4.78 is 1.48. The van der Waals surface area contributed by atoms with Gasteiger partial charge in [-0.25, -0.2) is 4.68 Å². The molecule has 0 unspecified atom stereocenters. The third-order valence-corrected chi connectivity index (χ3v) is 2.76. The van der Waals surface area contributed by atoms with Gasteiger partial charge in [-0.05, 0) is 34.7 Å². The topological polar surface area (TPSA) is 106 Å². The van der Waals surface area contributed by atoms with Crippen molar-refractivity contribution in [3.8, 4) is 5.69 Å². The van der Waals surface area contributed by atoms with E-state index in [-0.39, 0.29) is 11.5 Å². The fourth-order valence-corrected chi connectivity index (χ4v) is 1.76. The van der Waals surface area contributed by atoms with Crippen LogP contribution in [0.3, 0.4) is 0 Å². The zero-order chi connectivity index (χ0) is 14.7. The second kappa shape index (κ2) is 5.37. The maximum Gasteiger partial charge on any atom is 0.257 e. The smallest absolute Gasteiger partial charge is 0.257 e. The van der Waals surface area contributed by atoms with E-state index in [4.69, 9.17) is 0 Å². The number of nitrogens with one attached hydrogen (secondary N) is 2. The molecule has 8 heteroatoms. The maximum absolute atomic E-state index is 12.0. The Balaban J connectivity index is 1.82. The van der Waals surface area contributed by atoms with Gasteiger partial charge >= 0.3 is 0 Å². The van der Waals surface area contributed by atoms with Crippen LogP contribution in [0.25, 0.3) is 5.69 Å². The number of hydrogen-bond acceptors (Lipinski definition) is 5. The van der Waals surface area contributed by atoms with Gasteiger partial charge in [-0.3, -0.25) is 9.59 Å². The van der Waals surface area contributed by atoms with Crippen molar-refractivity contribution in [2.45, 2.75) is 0 Å². The van der Waals surface area contributed by atoms with Crippen LogP contribution in [0.1, 0.15) is 10.4 Å². The normalized spacial score (nSPS) is 10.3. The summed E-state index contributed by atoms with van der Waals surface area (Å²) in [6.45, 7) is 0. The number of anilines is 1. The van der Waals surface area contributed by atoms with Crippen molar-refractivity contribution in [2.24, 2.45) is 0 Å². The largest absolute Gasteiger partial charge is 0.328 e. The number of tetrazole rings is 1. The van der Waals surface area contributed by atoms with Crippen LogP contribution in [0.4, 0.5) is 5.69 Å². The van der Waals surface area contributed by atoms with Crippen LogP contribution in [-0.2, 0) is 0 Å². The van der Waals surface area contributed by atoms with Gasteiger partial charge < -0.3 is 10.3 Å². The zero-order valence-electron chi connectivity index (χ0n) is 10.7. The van der Waals surface area contributed by atoms with Crippen LogP contribution in [0.2, 0.25) is 0 Å². The first-order chi connectivity index (χ1) is 10.2. The van der Waals surface area contributed by atoms with Crippen LogP contribution < -0.4 is 10.9 Å². The van der Waals surface area contributed by atoms with E-state index in [1.165, 1.54) is 29.3 Å². The molecule has 21 heavy (non-hydrogen) atoms. The summed E-state index contributed by atoms with van der Waals surface area (Å²) in [5.41, 5.74) is 1.42. The minimum Gasteiger partial charge on any atom is -0.328 e. The van der Waals surface area contributed by atoms with Crippen molar-refractivity contribution < 1.29 is 4.79 Å². The average Bonchev–Trinajstić information content (AvgIpc) is 3.02. The number of rotatable bonds is 3. The van der Waals surface area contributed by atoms with E-state index in [2.05, 4.69) is 25.8 Å². The molecule has 104 valence electrons. The molecule has 8 nitrogen and oxygen atoms in total. The van der Waals surface area contributed by atoms with Crippen molar-refractivity contribution in [3.63, 3.8) is 0 Å². The number of H-pyrrole nitrogens is 1. The number of carbonyl (C=O) groups excluding carboxylic acids is 1. The van der Waals surface area contributed by atoms with Crippen molar-refractivity contribution in [3.05, 3.63) is 64.8 Å². The summed E-state index contributed by atoms with van der Waals surface area (Å²) in [6.07, 6.45) is 2.83. The average molecular weight is 282 g/mol. The standard InChI is InChI=1S/C13H10N6O2/c20-12-5-4-9(7-14-12)13(21)16-10-2-1-3-11(6-10)19-8-15-17-18-19/h1-8H,(H,14,20)(H,16,21). The number of amides is 1. The molecule has 3 aromatic rings. The molecule has 3 rings (SSSR count). The summed E-state index contributed by atoms with van der Waals surface area (Å²) in [4.78, 5) is 25.5. The lowest BCUT2D eigenvalue weighted by molar-refractivity contribution is 0.102. The third kappa shape index (κ3) is 2.84. The van der Waals surface area contributed by atoms with Crippen LogP contribution in [0.15, 0.2) is 53.7 Å². The van der Waals surface area contributed by atoms with E-state index in [1.807, 2.05) is 6.07 Å². The molecule has 1 amide bonds. The molecule has 0 aliphatic carbocycles. The highest BCUT2D eigenvalue weighted by molar-refractivity contribution is 6.04. The van der Waals surface area contributed by atoms with Gasteiger partial charge in [0.25, 0.3) is 5.91 Å². The van der Waals surface area contributed by atoms with Gasteiger partial charge in [0.15, 0.2) is 0 Å². The minimum absolute atomic E-state index is 0.257. The van der Waals surface area contributed by atoms with E-state index >= 15 is 0 Å². The van der Waals surface area contributed by atoms with Crippen LogP contribution in [0, 0.1) is 0 Å². The molecule has 0 saturated heterocycles. The van der Waals surface area contributed by atoms with Gasteiger partial charge in [0.1, 0.15) is 6.33 Å². The van der Waals surface area contributed by atoms with Gasteiger partial charge in [-0.15, -0.1) is 5.10 Å². The molecule has 0 radical (unpaired) electrons. The lowest BCUT2D eigenvalue weighted by Crippen LogP contribution is -2.14. The SMILES string of the molecule is O=C(Nc1cccc(-n2cnnn2)c1)c1ccc(=O)[nH]c1. The molecule has 2 N–H and O–H groups in total. The van der Waals surface area contributed by atoms with Crippen LogP contribution in [0.5, 0.6) is 0 Å². The number of carbonyl (C=O) groups is 1. The van der Waals surface area contributed by atoms with Crippen molar-refractivity contribution in [1.29, 1.82) is 0 Å².